The van der Waals surface area contributed by atoms with Crippen molar-refractivity contribution < 1.29 is 22.5 Å². The fourth-order valence-corrected chi connectivity index (χ4v) is 0. The molecule has 0 aliphatic rings. The molecule has 4 heavy (non-hydrogen) atoms. The van der Waals surface area contributed by atoms with Gasteiger partial charge in [-0.2, -0.15) is 0 Å². The molecule has 0 N–H and O–H groups in total. The van der Waals surface area contributed by atoms with Gasteiger partial charge in [-0.05, 0) is 0 Å². The monoisotopic (exact) mass is 314 g/mol. The largest absolute Gasteiger partial charge is 4.00 e. The summed E-state index contributed by atoms with van der Waals surface area (Å²) in [6.07, 6.45) is 0. The molecule has 0 unspecified atom stereocenters. The smallest absolute Gasteiger partial charge is 2.00 e. The molecule has 17 valence electrons. The second-order valence-corrected chi connectivity index (χ2v) is 0. The first kappa shape index (κ1) is 35.3. The zero-order chi connectivity index (χ0) is 0. The molecule has 0 saturated carbocycles. The molecule has 0 aromatic rings. The van der Waals surface area contributed by atoms with Crippen molar-refractivity contribution in [3.05, 3.63) is 0 Å². The third kappa shape index (κ3) is 8.91. The molecular formula is CuInOSn+7. The first-order chi connectivity index (χ1) is 0. The Morgan fingerprint density at radius 2 is 1.00 bits per heavy atom. The van der Waals surface area contributed by atoms with Crippen molar-refractivity contribution >= 4 is 49.8 Å². The van der Waals surface area contributed by atoms with Crippen molar-refractivity contribution in [1.29, 1.82) is 0 Å². The third-order valence-corrected chi connectivity index (χ3v) is 0. The summed E-state index contributed by atoms with van der Waals surface area (Å²) in [5.41, 5.74) is 0. The van der Waals surface area contributed by atoms with E-state index in [0.29, 0.717) is 0 Å². The van der Waals surface area contributed by atoms with E-state index in [1.54, 1.807) is 0 Å². The van der Waals surface area contributed by atoms with Crippen LogP contribution in [0.1, 0.15) is 0 Å². The van der Waals surface area contributed by atoms with Gasteiger partial charge in [0, 0.05) is 0 Å². The van der Waals surface area contributed by atoms with E-state index in [9.17, 15) is 0 Å². The summed E-state index contributed by atoms with van der Waals surface area (Å²) >= 11 is 0. The molecule has 0 amide bonds. The first-order valence-corrected chi connectivity index (χ1v) is 0. The van der Waals surface area contributed by atoms with Crippen molar-refractivity contribution in [2.45, 2.75) is 0 Å². The average Bonchev–Trinajstić information content (AvgIpc) is 0. The Labute approximate surface area is 71.4 Å². The maximum Gasteiger partial charge on any atom is 4.00 e. The van der Waals surface area contributed by atoms with E-state index in [0.717, 1.165) is 0 Å². The Kier molecular flexibility index (Phi) is 169. The van der Waals surface area contributed by atoms with Crippen LogP contribution in [-0.4, -0.2) is 49.8 Å². The molecule has 0 aliphatic carbocycles. The standard InChI is InChI=1S/Cu.In.O.Sn/q+2;+3;-2;+4. The first-order valence-electron chi connectivity index (χ1n) is 0. The van der Waals surface area contributed by atoms with Crippen molar-refractivity contribution in [2.24, 2.45) is 0 Å². The van der Waals surface area contributed by atoms with Crippen molar-refractivity contribution in [3.63, 3.8) is 0 Å². The normalized spacial score (nSPS) is 0. The molecule has 0 spiro atoms. The second kappa shape index (κ2) is 19.2. The Morgan fingerprint density at radius 1 is 1.00 bits per heavy atom. The number of hydrogen-bond donors (Lipinski definition) is 0. The van der Waals surface area contributed by atoms with Crippen LogP contribution >= 0.6 is 0 Å². The van der Waals surface area contributed by atoms with Crippen LogP contribution in [0, 0.1) is 0 Å². The SMILES string of the molecule is [Cu+2].[In+3].[O-2].[Sn+4]. The molecule has 0 aromatic carbocycles. The van der Waals surface area contributed by atoms with Gasteiger partial charge in [-0.3, -0.25) is 0 Å². The van der Waals surface area contributed by atoms with Crippen LogP contribution < -0.4 is 0 Å². The fourth-order valence-electron chi connectivity index (χ4n) is 0. The predicted octanol–water partition coefficient (Wildman–Crippen LogP) is -0.883. The summed E-state index contributed by atoms with van der Waals surface area (Å²) in [4.78, 5) is 0. The Morgan fingerprint density at radius 3 is 1.00 bits per heavy atom. The summed E-state index contributed by atoms with van der Waals surface area (Å²) in [5, 5.41) is 0. The molecule has 1 nitrogen and oxygen atoms in total. The van der Waals surface area contributed by atoms with Crippen LogP contribution in [0.2, 0.25) is 0 Å². The van der Waals surface area contributed by atoms with E-state index in [1.165, 1.54) is 0 Å². The molecule has 0 bridgehead atoms. The van der Waals surface area contributed by atoms with Crippen LogP contribution in [0.15, 0.2) is 0 Å². The van der Waals surface area contributed by atoms with Gasteiger partial charge in [0.15, 0.2) is 0 Å². The van der Waals surface area contributed by atoms with Gasteiger partial charge in [0.1, 0.15) is 0 Å². The number of hydrogen-bond acceptors (Lipinski definition) is 0. The second-order valence-electron chi connectivity index (χ2n) is 0. The van der Waals surface area contributed by atoms with E-state index < -0.39 is 0 Å². The molecule has 0 aliphatic heterocycles. The zero-order valence-corrected chi connectivity index (χ0v) is 8.88. The maximum absolute atomic E-state index is 0. The van der Waals surface area contributed by atoms with Gasteiger partial charge in [0.2, 0.25) is 0 Å². The molecular weight excluding hydrogens is 313 g/mol. The molecule has 0 saturated heterocycles. The van der Waals surface area contributed by atoms with E-state index in [4.69, 9.17) is 0 Å². The fraction of sp³-hybridized carbons (Fsp3) is 0. The van der Waals surface area contributed by atoms with Crippen molar-refractivity contribution in [2.75, 3.05) is 0 Å². The number of rotatable bonds is 0. The predicted molar refractivity (Wildman–Crippen MR) is 12.2 cm³/mol. The van der Waals surface area contributed by atoms with Crippen LogP contribution in [0.25, 0.3) is 0 Å². The summed E-state index contributed by atoms with van der Waals surface area (Å²) < 4.78 is 0. The van der Waals surface area contributed by atoms with Gasteiger partial charge in [0.25, 0.3) is 0 Å². The topological polar surface area (TPSA) is 28.5 Å². The Bertz CT molecular complexity index is 8.00. The summed E-state index contributed by atoms with van der Waals surface area (Å²) in [5.74, 6) is 0. The summed E-state index contributed by atoms with van der Waals surface area (Å²) in [7, 11) is 0. The van der Waals surface area contributed by atoms with Gasteiger partial charge < -0.3 is 5.48 Å². The Balaban J connectivity index is 0. The molecule has 1 radical (unpaired) electrons. The van der Waals surface area contributed by atoms with E-state index in [-0.39, 0.29) is 72.3 Å². The molecule has 0 atom stereocenters. The van der Waals surface area contributed by atoms with Crippen LogP contribution in [-0.2, 0) is 22.5 Å². The van der Waals surface area contributed by atoms with Gasteiger partial charge in [-0.1, -0.05) is 0 Å². The Hall–Kier alpha value is 2.15. The van der Waals surface area contributed by atoms with Crippen molar-refractivity contribution in [3.8, 4) is 0 Å². The average molecular weight is 313 g/mol. The van der Waals surface area contributed by atoms with Crippen LogP contribution in [0.5, 0.6) is 0 Å². The zero-order valence-electron chi connectivity index (χ0n) is 1.79. The van der Waals surface area contributed by atoms with Gasteiger partial charge >= 0.3 is 66.8 Å². The quantitative estimate of drug-likeness (QED) is 0.520. The summed E-state index contributed by atoms with van der Waals surface area (Å²) in [6, 6.07) is 0. The summed E-state index contributed by atoms with van der Waals surface area (Å²) in [6.45, 7) is 0. The van der Waals surface area contributed by atoms with Gasteiger partial charge in [-0.15, -0.1) is 0 Å². The molecule has 0 heterocycles. The van der Waals surface area contributed by atoms with Crippen LogP contribution in [0.4, 0.5) is 0 Å². The van der Waals surface area contributed by atoms with Gasteiger partial charge in [0.05, 0.1) is 0 Å². The van der Waals surface area contributed by atoms with Gasteiger partial charge in [-0.25, -0.2) is 0 Å². The maximum atomic E-state index is 0. The van der Waals surface area contributed by atoms with E-state index >= 15 is 0 Å². The minimum absolute atomic E-state index is 0. The molecule has 0 rings (SSSR count). The molecule has 0 aromatic heterocycles. The third-order valence-electron chi connectivity index (χ3n) is 0. The van der Waals surface area contributed by atoms with E-state index in [2.05, 4.69) is 0 Å². The van der Waals surface area contributed by atoms with E-state index in [1.807, 2.05) is 0 Å². The van der Waals surface area contributed by atoms with Crippen LogP contribution in [0.3, 0.4) is 0 Å². The van der Waals surface area contributed by atoms with Crippen molar-refractivity contribution in [1.82, 2.24) is 0 Å². The molecule has 4 heteroatoms. The minimum Gasteiger partial charge on any atom is -2.00 e. The minimum atomic E-state index is 0. The molecule has 0 fully saturated rings.